The average Bonchev–Trinajstić information content (AvgIpc) is 2.24. The Bertz CT molecular complexity index is 642. The van der Waals surface area contributed by atoms with Crippen molar-refractivity contribution in [1.29, 1.82) is 0 Å². The number of halogens is 3. The van der Waals surface area contributed by atoms with Gasteiger partial charge in [0.25, 0.3) is 5.56 Å². The second-order valence-electron chi connectivity index (χ2n) is 3.34. The van der Waals surface area contributed by atoms with Crippen LogP contribution in [0, 0.1) is 5.82 Å². The molecule has 0 amide bonds. The molecule has 0 spiro atoms. The summed E-state index contributed by atoms with van der Waals surface area (Å²) in [7, 11) is 0. The van der Waals surface area contributed by atoms with Gasteiger partial charge in [0.05, 0.1) is 11.2 Å². The molecule has 0 saturated heterocycles. The SMILES string of the molecule is O=c1cc(-c2ccc(F)cc2Cl)c(Br)cn1O. The Morgan fingerprint density at radius 2 is 2.00 bits per heavy atom. The lowest BCUT2D eigenvalue weighted by Gasteiger charge is -2.07. The standard InChI is InChI=1S/C11H6BrClFNO2/c12-9-5-15(17)11(16)4-8(9)7-2-1-6(14)3-10(7)13/h1-5,17H. The van der Waals surface area contributed by atoms with E-state index in [0.717, 1.165) is 6.07 Å². The molecule has 0 saturated carbocycles. The van der Waals surface area contributed by atoms with Gasteiger partial charge in [0.1, 0.15) is 5.82 Å². The second-order valence-corrected chi connectivity index (χ2v) is 4.60. The molecule has 0 radical (unpaired) electrons. The predicted octanol–water partition coefficient (Wildman–Crippen LogP) is 3.31. The van der Waals surface area contributed by atoms with Crippen molar-refractivity contribution >= 4 is 27.5 Å². The minimum absolute atomic E-state index is 0.195. The third kappa shape index (κ3) is 2.35. The van der Waals surface area contributed by atoms with Gasteiger partial charge in [-0.3, -0.25) is 4.79 Å². The smallest absolute Gasteiger partial charge is 0.283 e. The van der Waals surface area contributed by atoms with Crippen molar-refractivity contribution in [3.05, 3.63) is 56.1 Å². The van der Waals surface area contributed by atoms with Gasteiger partial charge in [0.15, 0.2) is 0 Å². The van der Waals surface area contributed by atoms with Crippen LogP contribution in [-0.4, -0.2) is 9.94 Å². The number of nitrogens with zero attached hydrogens (tertiary/aromatic N) is 1. The highest BCUT2D eigenvalue weighted by molar-refractivity contribution is 9.10. The van der Waals surface area contributed by atoms with E-state index < -0.39 is 11.4 Å². The lowest BCUT2D eigenvalue weighted by molar-refractivity contribution is 0.174. The molecule has 0 bridgehead atoms. The van der Waals surface area contributed by atoms with Gasteiger partial charge < -0.3 is 5.21 Å². The number of hydrogen-bond donors (Lipinski definition) is 1. The fourth-order valence-electron chi connectivity index (χ4n) is 1.41. The van der Waals surface area contributed by atoms with Gasteiger partial charge in [-0.2, -0.15) is 4.73 Å². The first-order valence-corrected chi connectivity index (χ1v) is 5.73. The zero-order chi connectivity index (χ0) is 12.6. The molecule has 1 aromatic heterocycles. The number of rotatable bonds is 1. The lowest BCUT2D eigenvalue weighted by Crippen LogP contribution is -2.16. The molecule has 0 unspecified atom stereocenters. The van der Waals surface area contributed by atoms with Crippen LogP contribution in [0.25, 0.3) is 11.1 Å². The molecule has 1 N–H and O–H groups in total. The summed E-state index contributed by atoms with van der Waals surface area (Å²) in [6, 6.07) is 5.09. The van der Waals surface area contributed by atoms with Crippen LogP contribution in [0.5, 0.6) is 0 Å². The molecule has 0 fully saturated rings. The predicted molar refractivity (Wildman–Crippen MR) is 66.0 cm³/mol. The summed E-state index contributed by atoms with van der Waals surface area (Å²) in [6.45, 7) is 0. The highest BCUT2D eigenvalue weighted by Crippen LogP contribution is 2.32. The molecule has 3 nitrogen and oxygen atoms in total. The van der Waals surface area contributed by atoms with E-state index in [1.165, 1.54) is 24.4 Å². The van der Waals surface area contributed by atoms with Crippen molar-refractivity contribution in [2.45, 2.75) is 0 Å². The minimum Gasteiger partial charge on any atom is -0.425 e. The number of aromatic nitrogens is 1. The first kappa shape index (κ1) is 12.1. The Morgan fingerprint density at radius 1 is 1.29 bits per heavy atom. The van der Waals surface area contributed by atoms with Gasteiger partial charge in [-0.15, -0.1) is 0 Å². The van der Waals surface area contributed by atoms with Crippen LogP contribution in [-0.2, 0) is 0 Å². The summed E-state index contributed by atoms with van der Waals surface area (Å²) in [5, 5.41) is 9.36. The molecule has 0 aliphatic heterocycles. The van der Waals surface area contributed by atoms with Crippen molar-refractivity contribution in [3.63, 3.8) is 0 Å². The van der Waals surface area contributed by atoms with Crippen molar-refractivity contribution in [2.24, 2.45) is 0 Å². The topological polar surface area (TPSA) is 42.2 Å². The maximum atomic E-state index is 12.9. The van der Waals surface area contributed by atoms with Gasteiger partial charge in [0.2, 0.25) is 0 Å². The summed E-state index contributed by atoms with van der Waals surface area (Å²) >= 11 is 9.09. The summed E-state index contributed by atoms with van der Waals surface area (Å²) in [5.41, 5.74) is 0.409. The fourth-order valence-corrected chi connectivity index (χ4v) is 2.20. The molecule has 1 aromatic carbocycles. The molecule has 0 aliphatic carbocycles. The van der Waals surface area contributed by atoms with Gasteiger partial charge in [-0.1, -0.05) is 11.6 Å². The van der Waals surface area contributed by atoms with Crippen LogP contribution >= 0.6 is 27.5 Å². The van der Waals surface area contributed by atoms with Crippen molar-refractivity contribution in [2.75, 3.05) is 0 Å². The van der Waals surface area contributed by atoms with E-state index in [2.05, 4.69) is 15.9 Å². The van der Waals surface area contributed by atoms with Crippen molar-refractivity contribution in [3.8, 4) is 11.1 Å². The summed E-state index contributed by atoms with van der Waals surface area (Å²) < 4.78 is 13.8. The van der Waals surface area contributed by atoms with E-state index in [9.17, 15) is 9.18 Å². The second kappa shape index (κ2) is 4.50. The van der Waals surface area contributed by atoms with Gasteiger partial charge in [-0.05, 0) is 34.1 Å². The van der Waals surface area contributed by atoms with Gasteiger partial charge in [0, 0.05) is 21.7 Å². The number of pyridine rings is 1. The molecule has 0 atom stereocenters. The number of hydrogen-bond acceptors (Lipinski definition) is 2. The zero-order valence-corrected chi connectivity index (χ0v) is 10.7. The normalized spacial score (nSPS) is 10.5. The minimum atomic E-state index is -0.594. The molecular weight excluding hydrogens is 312 g/mol. The Morgan fingerprint density at radius 3 is 2.65 bits per heavy atom. The van der Waals surface area contributed by atoms with E-state index in [0.29, 0.717) is 20.3 Å². The van der Waals surface area contributed by atoms with Gasteiger partial charge in [-0.25, -0.2) is 4.39 Å². The third-order valence-corrected chi connectivity index (χ3v) is 3.15. The first-order valence-electron chi connectivity index (χ1n) is 4.56. The molecule has 88 valence electrons. The lowest BCUT2D eigenvalue weighted by atomic mass is 10.1. The summed E-state index contributed by atoms with van der Waals surface area (Å²) in [5.74, 6) is -0.453. The van der Waals surface area contributed by atoms with Gasteiger partial charge >= 0.3 is 0 Å². The fraction of sp³-hybridized carbons (Fsp3) is 0. The molecule has 2 rings (SSSR count). The Balaban J connectivity index is 2.68. The van der Waals surface area contributed by atoms with E-state index in [-0.39, 0.29) is 5.02 Å². The molecule has 1 heterocycles. The van der Waals surface area contributed by atoms with Crippen molar-refractivity contribution in [1.82, 2.24) is 4.73 Å². The maximum absolute atomic E-state index is 12.9. The molecular formula is C11H6BrClFNO2. The van der Waals surface area contributed by atoms with Crippen molar-refractivity contribution < 1.29 is 9.60 Å². The van der Waals surface area contributed by atoms with Crippen LogP contribution < -0.4 is 5.56 Å². The average molecular weight is 319 g/mol. The Kier molecular flexibility index (Phi) is 3.22. The molecule has 2 aromatic rings. The first-order chi connectivity index (χ1) is 7.99. The number of benzene rings is 1. The van der Waals surface area contributed by atoms with E-state index >= 15 is 0 Å². The van der Waals surface area contributed by atoms with E-state index in [1.54, 1.807) is 0 Å². The van der Waals surface area contributed by atoms with Crippen LogP contribution in [0.3, 0.4) is 0 Å². The summed E-state index contributed by atoms with van der Waals surface area (Å²) in [6.07, 6.45) is 1.21. The summed E-state index contributed by atoms with van der Waals surface area (Å²) in [4.78, 5) is 11.3. The van der Waals surface area contributed by atoms with E-state index in [1.807, 2.05) is 0 Å². The highest BCUT2D eigenvalue weighted by Gasteiger charge is 2.10. The van der Waals surface area contributed by atoms with Crippen LogP contribution in [0.15, 0.2) is 39.7 Å². The highest BCUT2D eigenvalue weighted by atomic mass is 79.9. The van der Waals surface area contributed by atoms with Crippen LogP contribution in [0.1, 0.15) is 0 Å². The Labute approximate surface area is 109 Å². The third-order valence-electron chi connectivity index (χ3n) is 2.21. The maximum Gasteiger partial charge on any atom is 0.283 e. The zero-order valence-electron chi connectivity index (χ0n) is 8.32. The molecule has 6 heteroatoms. The molecule has 17 heavy (non-hydrogen) atoms. The molecule has 0 aliphatic rings. The monoisotopic (exact) mass is 317 g/mol. The largest absolute Gasteiger partial charge is 0.425 e. The van der Waals surface area contributed by atoms with Crippen LogP contribution in [0.2, 0.25) is 5.02 Å². The Hall–Kier alpha value is -1.33. The van der Waals surface area contributed by atoms with E-state index in [4.69, 9.17) is 16.8 Å². The van der Waals surface area contributed by atoms with Crippen LogP contribution in [0.4, 0.5) is 4.39 Å². The quantitative estimate of drug-likeness (QED) is 0.820.